The molecule has 5 N–H and O–H groups in total. The van der Waals surface area contributed by atoms with E-state index in [-0.39, 0.29) is 36.9 Å². The Morgan fingerprint density at radius 3 is 2.59 bits per heavy atom. The Morgan fingerprint density at radius 2 is 1.90 bits per heavy atom. The van der Waals surface area contributed by atoms with Crippen LogP contribution >= 0.6 is 0 Å². The van der Waals surface area contributed by atoms with Crippen LogP contribution < -0.4 is 16.1 Å². The predicted octanol–water partition coefficient (Wildman–Crippen LogP) is 0.378. The van der Waals surface area contributed by atoms with Gasteiger partial charge in [-0.15, -0.1) is 0 Å². The van der Waals surface area contributed by atoms with Crippen LogP contribution in [0.5, 0.6) is 0 Å². The molecule has 5 aliphatic rings. The van der Waals surface area contributed by atoms with Gasteiger partial charge in [0.25, 0.3) is 5.91 Å². The molecular formula is C29H37FN4O7. The zero-order chi connectivity index (χ0) is 30.0. The molecule has 8 atom stereocenters. The number of alkyl halides is 1. The number of hydrogen-bond donors (Lipinski definition) is 5. The highest BCUT2D eigenvalue weighted by molar-refractivity contribution is 6.06. The van der Waals surface area contributed by atoms with Gasteiger partial charge in [0.15, 0.2) is 17.1 Å². The summed E-state index contributed by atoms with van der Waals surface area (Å²) in [5, 5.41) is 29.8. The van der Waals surface area contributed by atoms with Crippen molar-refractivity contribution in [3.8, 4) is 0 Å². The van der Waals surface area contributed by atoms with Gasteiger partial charge >= 0.3 is 0 Å². The van der Waals surface area contributed by atoms with Gasteiger partial charge in [-0.2, -0.15) is 5.10 Å². The second kappa shape index (κ2) is 9.95. The summed E-state index contributed by atoms with van der Waals surface area (Å²) in [4.78, 5) is 48.2. The predicted molar refractivity (Wildman–Crippen MR) is 145 cm³/mol. The molecule has 1 spiro atoms. The van der Waals surface area contributed by atoms with Gasteiger partial charge in [-0.25, -0.2) is 9.82 Å². The average Bonchev–Trinajstić information content (AvgIpc) is 3.54. The fourth-order valence-electron chi connectivity index (χ4n) is 8.05. The number of allylic oxidation sites excluding steroid dienone is 4. The Kier molecular flexibility index (Phi) is 7.11. The Balaban J connectivity index is 1.25. The minimum absolute atomic E-state index is 0.0168. The Labute approximate surface area is 237 Å². The SMILES string of the molecule is C=C(C)C(=O)NCC(=O)NCC(=O)N/N=C1/C=CC2(C)C(=C1)CCC1[C@@H]3C[C@@H](C)[C@@]4(C(=O)CO)OC34CC(O)[C@@]12F. The van der Waals surface area contributed by atoms with E-state index in [0.29, 0.717) is 25.0 Å². The number of halogens is 1. The second-order valence-electron chi connectivity index (χ2n) is 12.2. The maximum Gasteiger partial charge on any atom is 0.259 e. The van der Waals surface area contributed by atoms with E-state index in [1.165, 1.54) is 6.92 Å². The third-order valence-electron chi connectivity index (χ3n) is 10.0. The van der Waals surface area contributed by atoms with Crippen LogP contribution in [-0.4, -0.2) is 82.1 Å². The lowest BCUT2D eigenvalue weighted by Gasteiger charge is -2.59. The van der Waals surface area contributed by atoms with E-state index in [1.54, 1.807) is 25.2 Å². The summed E-state index contributed by atoms with van der Waals surface area (Å²) >= 11 is 0. The molecule has 1 saturated heterocycles. The van der Waals surface area contributed by atoms with E-state index in [0.717, 1.165) is 5.57 Å². The number of fused-ring (bicyclic) bond motifs is 4. The third kappa shape index (κ3) is 4.13. The van der Waals surface area contributed by atoms with Gasteiger partial charge in [0, 0.05) is 23.3 Å². The molecule has 4 aliphatic carbocycles. The summed E-state index contributed by atoms with van der Waals surface area (Å²) in [5.41, 5.74) is -1.48. The molecule has 12 heteroatoms. The number of amides is 3. The summed E-state index contributed by atoms with van der Waals surface area (Å²) in [5.74, 6) is -2.99. The van der Waals surface area contributed by atoms with Gasteiger partial charge in [0.05, 0.1) is 24.9 Å². The van der Waals surface area contributed by atoms with Gasteiger partial charge in [-0.3, -0.25) is 19.2 Å². The molecule has 0 radical (unpaired) electrons. The quantitative estimate of drug-likeness (QED) is 0.159. The molecule has 4 unspecified atom stereocenters. The number of hydrazone groups is 1. The van der Waals surface area contributed by atoms with E-state index in [9.17, 15) is 29.4 Å². The second-order valence-corrected chi connectivity index (χ2v) is 12.2. The molecule has 11 nitrogen and oxygen atoms in total. The standard InChI is InChI=1S/C29H37FN4O7/c1-15(2)25(40)32-12-23(38)31-13-24(39)34-33-18-7-8-26(4)17(10-18)5-6-19-20-9-16(3)29(22(37)14-35)27(20,41-29)11-21(36)28(19,26)30/h7-8,10,16,19-21,35-36H,1,5-6,9,11-14H2,2-4H3,(H,31,38)(H,32,40)(H,34,39)/b33-18-/t16-,19?,20+,21?,26?,27?,28+,29+/m1/s1. The molecule has 0 aromatic rings. The summed E-state index contributed by atoms with van der Waals surface area (Å²) in [6.07, 6.45) is 5.16. The molecular weight excluding hydrogens is 535 g/mol. The first-order chi connectivity index (χ1) is 19.3. The Morgan fingerprint density at radius 1 is 1.20 bits per heavy atom. The largest absolute Gasteiger partial charge is 0.390 e. The highest BCUT2D eigenvalue weighted by atomic mass is 19.1. The van der Waals surface area contributed by atoms with Crippen molar-refractivity contribution in [2.24, 2.45) is 28.3 Å². The van der Waals surface area contributed by atoms with Crippen LogP contribution in [0.2, 0.25) is 0 Å². The monoisotopic (exact) mass is 572 g/mol. The maximum atomic E-state index is 17.4. The van der Waals surface area contributed by atoms with Gasteiger partial charge < -0.3 is 25.6 Å². The number of rotatable bonds is 8. The molecule has 41 heavy (non-hydrogen) atoms. The van der Waals surface area contributed by atoms with E-state index in [4.69, 9.17) is 4.74 Å². The van der Waals surface area contributed by atoms with Crippen molar-refractivity contribution in [3.05, 3.63) is 36.0 Å². The zero-order valence-electron chi connectivity index (χ0n) is 23.5. The summed E-state index contributed by atoms with van der Waals surface area (Å²) in [6, 6.07) is 0. The van der Waals surface area contributed by atoms with Gasteiger partial charge in [-0.1, -0.05) is 25.2 Å². The number of ether oxygens (including phenoxy) is 1. The normalized spacial score (nSPS) is 40.7. The fourth-order valence-corrected chi connectivity index (χ4v) is 8.05. The number of hydrogen-bond acceptors (Lipinski definition) is 8. The molecule has 0 aromatic carbocycles. The van der Waals surface area contributed by atoms with E-state index >= 15 is 4.39 Å². The lowest BCUT2D eigenvalue weighted by atomic mass is 9.48. The van der Waals surface area contributed by atoms with Crippen LogP contribution in [0.3, 0.4) is 0 Å². The van der Waals surface area contributed by atoms with Crippen molar-refractivity contribution in [2.45, 2.75) is 69.4 Å². The number of aliphatic hydroxyl groups is 2. The van der Waals surface area contributed by atoms with Crippen LogP contribution in [0.25, 0.3) is 0 Å². The first-order valence-corrected chi connectivity index (χ1v) is 14.0. The first-order valence-electron chi connectivity index (χ1n) is 14.0. The van der Waals surface area contributed by atoms with E-state index in [2.05, 4.69) is 27.7 Å². The molecule has 3 amide bonds. The Hall–Kier alpha value is -3.22. The number of epoxide rings is 1. The number of carbonyl (C=O) groups is 4. The molecule has 1 heterocycles. The van der Waals surface area contributed by atoms with Crippen molar-refractivity contribution < 1.29 is 38.5 Å². The number of Topliss-reactive ketones (excluding diaryl/α,β-unsaturated/α-hetero) is 1. The maximum absolute atomic E-state index is 17.4. The van der Waals surface area contributed by atoms with Gasteiger partial charge in [0.2, 0.25) is 11.8 Å². The highest BCUT2D eigenvalue weighted by Gasteiger charge is 2.87. The van der Waals surface area contributed by atoms with Crippen molar-refractivity contribution in [2.75, 3.05) is 19.7 Å². The topological polar surface area (TPSA) is 170 Å². The van der Waals surface area contributed by atoms with Crippen molar-refractivity contribution in [3.63, 3.8) is 0 Å². The first kappa shape index (κ1) is 29.3. The molecule has 0 aromatic heterocycles. The van der Waals surface area contributed by atoms with Crippen LogP contribution in [0, 0.1) is 23.2 Å². The summed E-state index contributed by atoms with van der Waals surface area (Å²) in [6.45, 7) is 7.33. The number of carbonyl (C=O) groups excluding carboxylic acids is 4. The van der Waals surface area contributed by atoms with Gasteiger partial charge in [-0.05, 0) is 57.1 Å². The van der Waals surface area contributed by atoms with Crippen molar-refractivity contribution in [1.29, 1.82) is 0 Å². The number of aliphatic hydroxyl groups excluding tert-OH is 2. The fraction of sp³-hybridized carbons (Fsp3) is 0.621. The lowest BCUT2D eigenvalue weighted by molar-refractivity contribution is -0.179. The highest BCUT2D eigenvalue weighted by Crippen LogP contribution is 2.76. The minimum Gasteiger partial charge on any atom is -0.390 e. The van der Waals surface area contributed by atoms with Crippen molar-refractivity contribution >= 4 is 29.2 Å². The van der Waals surface area contributed by atoms with Crippen LogP contribution in [0.4, 0.5) is 4.39 Å². The van der Waals surface area contributed by atoms with Crippen molar-refractivity contribution in [1.82, 2.24) is 16.1 Å². The van der Waals surface area contributed by atoms with Crippen LogP contribution in [-0.2, 0) is 23.9 Å². The smallest absolute Gasteiger partial charge is 0.259 e. The Bertz CT molecular complexity index is 1310. The van der Waals surface area contributed by atoms with Gasteiger partial charge in [0.1, 0.15) is 12.2 Å². The average molecular weight is 573 g/mol. The van der Waals surface area contributed by atoms with E-state index in [1.807, 2.05) is 6.92 Å². The molecule has 5 rings (SSSR count). The molecule has 1 aliphatic heterocycles. The third-order valence-corrected chi connectivity index (χ3v) is 10.0. The molecule has 4 fully saturated rings. The number of nitrogens with zero attached hydrogens (tertiary/aromatic N) is 1. The minimum atomic E-state index is -2.01. The molecule has 0 bridgehead atoms. The van der Waals surface area contributed by atoms with Crippen LogP contribution in [0.15, 0.2) is 41.1 Å². The number of ketones is 1. The van der Waals surface area contributed by atoms with Crippen LogP contribution in [0.1, 0.15) is 46.5 Å². The molecule has 222 valence electrons. The lowest BCUT2D eigenvalue weighted by Crippen LogP contribution is -2.66. The zero-order valence-corrected chi connectivity index (χ0v) is 23.5. The molecule has 3 saturated carbocycles. The number of nitrogens with one attached hydrogen (secondary N) is 3. The van der Waals surface area contributed by atoms with E-state index < -0.39 is 64.4 Å². The summed E-state index contributed by atoms with van der Waals surface area (Å²) in [7, 11) is 0. The summed E-state index contributed by atoms with van der Waals surface area (Å²) < 4.78 is 23.4.